The minimum Gasteiger partial charge on any atom is -0.535 e. The Balaban J connectivity index is 2.13. The maximum atomic E-state index is 13.6. The van der Waals surface area contributed by atoms with Crippen LogP contribution in [0.1, 0.15) is 5.56 Å². The van der Waals surface area contributed by atoms with Crippen LogP contribution in [0.5, 0.6) is 11.5 Å². The summed E-state index contributed by atoms with van der Waals surface area (Å²) in [6.07, 6.45) is 0. The number of hydrogen-bond acceptors (Lipinski definition) is 3. The number of ether oxygens (including phenoxy) is 1. The summed E-state index contributed by atoms with van der Waals surface area (Å²) in [5, 5.41) is 8.60. The summed E-state index contributed by atoms with van der Waals surface area (Å²) >= 11 is 0. The number of benzene rings is 2. The molecule has 3 nitrogen and oxygen atoms in total. The van der Waals surface area contributed by atoms with Gasteiger partial charge >= 0.3 is 7.69 Å². The quantitative estimate of drug-likeness (QED) is 0.821. The lowest BCUT2D eigenvalue weighted by atomic mass is 10.2. The van der Waals surface area contributed by atoms with Gasteiger partial charge in [-0.2, -0.15) is 0 Å². The molecule has 18 heavy (non-hydrogen) atoms. The van der Waals surface area contributed by atoms with E-state index in [0.717, 1.165) is 5.56 Å². The van der Waals surface area contributed by atoms with Crippen LogP contribution in [-0.2, 0) is 6.61 Å². The van der Waals surface area contributed by atoms with Crippen molar-refractivity contribution >= 4 is 7.69 Å². The molecule has 0 atom stereocenters. The summed E-state index contributed by atoms with van der Waals surface area (Å²) < 4.78 is 23.7. The van der Waals surface area contributed by atoms with Gasteiger partial charge in [-0.25, -0.2) is 4.39 Å². The molecule has 0 unspecified atom stereocenters. The highest BCUT2D eigenvalue weighted by molar-refractivity contribution is 6.17. The molecule has 0 aliphatic rings. The van der Waals surface area contributed by atoms with Gasteiger partial charge in [0.2, 0.25) is 0 Å². The first-order valence-electron chi connectivity index (χ1n) is 5.39. The average Bonchev–Trinajstić information content (AvgIpc) is 2.40. The van der Waals surface area contributed by atoms with E-state index >= 15 is 0 Å². The van der Waals surface area contributed by atoms with E-state index in [9.17, 15) is 4.39 Å². The minimum absolute atomic E-state index is 0.0216. The van der Waals surface area contributed by atoms with Gasteiger partial charge in [-0.15, -0.1) is 0 Å². The van der Waals surface area contributed by atoms with Gasteiger partial charge in [0.25, 0.3) is 0 Å². The zero-order valence-electron chi connectivity index (χ0n) is 9.54. The van der Waals surface area contributed by atoms with E-state index in [-0.39, 0.29) is 18.1 Å². The van der Waals surface area contributed by atoms with Crippen molar-refractivity contribution in [1.29, 1.82) is 0 Å². The van der Waals surface area contributed by atoms with E-state index in [0.29, 0.717) is 7.69 Å². The molecule has 0 aliphatic carbocycles. The zero-order chi connectivity index (χ0) is 12.8. The maximum Gasteiger partial charge on any atom is 0.569 e. The molecule has 0 amide bonds. The van der Waals surface area contributed by atoms with Gasteiger partial charge in [0.05, 0.1) is 0 Å². The van der Waals surface area contributed by atoms with Crippen molar-refractivity contribution < 1.29 is 18.8 Å². The van der Waals surface area contributed by atoms with Crippen LogP contribution in [0.25, 0.3) is 0 Å². The summed E-state index contributed by atoms with van der Waals surface area (Å²) in [4.78, 5) is 0. The third kappa shape index (κ3) is 3.02. The van der Waals surface area contributed by atoms with Crippen molar-refractivity contribution in [2.45, 2.75) is 6.61 Å². The van der Waals surface area contributed by atoms with Gasteiger partial charge in [-0.1, -0.05) is 36.4 Å². The molecule has 0 aliphatic heterocycles. The largest absolute Gasteiger partial charge is 0.569 e. The fourth-order valence-electron chi connectivity index (χ4n) is 1.51. The maximum absolute atomic E-state index is 13.6. The van der Waals surface area contributed by atoms with Crippen molar-refractivity contribution in [2.24, 2.45) is 0 Å². The second-order valence-electron chi connectivity index (χ2n) is 3.56. The van der Waals surface area contributed by atoms with Crippen molar-refractivity contribution in [1.82, 2.24) is 0 Å². The normalized spacial score (nSPS) is 9.89. The third-order valence-corrected chi connectivity index (χ3v) is 2.34. The standard InChI is InChI=1S/C13H11BFO3/c15-11-7-4-8-12(18-14-16)13(11)17-9-10-5-2-1-3-6-10/h1-8,16H,9H2. The Labute approximate surface area is 105 Å². The van der Waals surface area contributed by atoms with Crippen molar-refractivity contribution in [3.05, 3.63) is 59.9 Å². The summed E-state index contributed by atoms with van der Waals surface area (Å²) in [5.74, 6) is -0.426. The summed E-state index contributed by atoms with van der Waals surface area (Å²) in [6.45, 7) is 0.226. The van der Waals surface area contributed by atoms with Crippen LogP contribution >= 0.6 is 0 Å². The molecular formula is C13H11BFO3. The third-order valence-electron chi connectivity index (χ3n) is 2.34. The van der Waals surface area contributed by atoms with Crippen LogP contribution < -0.4 is 9.39 Å². The highest BCUT2D eigenvalue weighted by Crippen LogP contribution is 2.30. The molecule has 0 heterocycles. The molecular weight excluding hydrogens is 234 g/mol. The van der Waals surface area contributed by atoms with E-state index in [1.54, 1.807) is 0 Å². The molecule has 0 saturated heterocycles. The fourth-order valence-corrected chi connectivity index (χ4v) is 1.51. The van der Waals surface area contributed by atoms with Gasteiger partial charge in [0.15, 0.2) is 11.6 Å². The average molecular weight is 245 g/mol. The molecule has 1 radical (unpaired) electrons. The van der Waals surface area contributed by atoms with Gasteiger partial charge in [-0.05, 0) is 17.7 Å². The molecule has 0 bridgehead atoms. The first kappa shape index (κ1) is 12.5. The number of halogens is 1. The Bertz CT molecular complexity index is 505. The number of rotatable bonds is 5. The molecule has 0 fully saturated rings. The lowest BCUT2D eigenvalue weighted by molar-refractivity contribution is 0.278. The van der Waals surface area contributed by atoms with Crippen LogP contribution in [0.3, 0.4) is 0 Å². The molecule has 5 heteroatoms. The Morgan fingerprint density at radius 3 is 2.56 bits per heavy atom. The Morgan fingerprint density at radius 2 is 1.83 bits per heavy atom. The predicted molar refractivity (Wildman–Crippen MR) is 65.8 cm³/mol. The lowest BCUT2D eigenvalue weighted by Gasteiger charge is -2.12. The van der Waals surface area contributed by atoms with E-state index in [1.165, 1.54) is 18.2 Å². The van der Waals surface area contributed by atoms with Crippen LogP contribution in [0.4, 0.5) is 4.39 Å². The van der Waals surface area contributed by atoms with Crippen LogP contribution in [-0.4, -0.2) is 12.7 Å². The Kier molecular flexibility index (Phi) is 4.20. The predicted octanol–water partition coefficient (Wildman–Crippen LogP) is 2.31. The molecule has 0 spiro atoms. The highest BCUT2D eigenvalue weighted by Gasteiger charge is 2.11. The van der Waals surface area contributed by atoms with Crippen molar-refractivity contribution in [3.63, 3.8) is 0 Å². The molecule has 91 valence electrons. The topological polar surface area (TPSA) is 38.7 Å². The van der Waals surface area contributed by atoms with E-state index < -0.39 is 5.82 Å². The minimum atomic E-state index is -0.537. The fraction of sp³-hybridized carbons (Fsp3) is 0.0769. The van der Waals surface area contributed by atoms with E-state index in [2.05, 4.69) is 0 Å². The van der Waals surface area contributed by atoms with Crippen LogP contribution in [0, 0.1) is 5.82 Å². The summed E-state index contributed by atoms with van der Waals surface area (Å²) in [7, 11) is 0.490. The van der Waals surface area contributed by atoms with Gasteiger partial charge < -0.3 is 14.4 Å². The van der Waals surface area contributed by atoms with Crippen LogP contribution in [0.15, 0.2) is 48.5 Å². The molecule has 0 saturated carbocycles. The van der Waals surface area contributed by atoms with Crippen molar-refractivity contribution in [2.75, 3.05) is 0 Å². The SMILES string of the molecule is O[B]Oc1cccc(F)c1OCc1ccccc1. The van der Waals surface area contributed by atoms with Gasteiger partial charge in [-0.3, -0.25) is 0 Å². The van der Waals surface area contributed by atoms with Crippen molar-refractivity contribution in [3.8, 4) is 11.5 Å². The number of para-hydroxylation sites is 1. The van der Waals surface area contributed by atoms with E-state index in [4.69, 9.17) is 14.4 Å². The second kappa shape index (κ2) is 6.07. The summed E-state index contributed by atoms with van der Waals surface area (Å²) in [5.41, 5.74) is 0.916. The first-order valence-corrected chi connectivity index (χ1v) is 5.39. The zero-order valence-corrected chi connectivity index (χ0v) is 9.54. The van der Waals surface area contributed by atoms with E-state index in [1.807, 2.05) is 30.3 Å². The monoisotopic (exact) mass is 245 g/mol. The second-order valence-corrected chi connectivity index (χ2v) is 3.56. The Hall–Kier alpha value is -2.01. The Morgan fingerprint density at radius 1 is 1.06 bits per heavy atom. The molecule has 2 rings (SSSR count). The molecule has 2 aromatic carbocycles. The summed E-state index contributed by atoms with van der Waals surface area (Å²) in [6, 6.07) is 13.6. The number of hydrogen-bond donors (Lipinski definition) is 1. The van der Waals surface area contributed by atoms with Gasteiger partial charge in [0, 0.05) is 0 Å². The van der Waals surface area contributed by atoms with Gasteiger partial charge in [0.1, 0.15) is 12.4 Å². The smallest absolute Gasteiger partial charge is 0.535 e. The molecule has 1 N–H and O–H groups in total. The lowest BCUT2D eigenvalue weighted by Crippen LogP contribution is -2.04. The highest BCUT2D eigenvalue weighted by atomic mass is 19.1. The first-order chi connectivity index (χ1) is 8.81. The van der Waals surface area contributed by atoms with Crippen LogP contribution in [0.2, 0.25) is 0 Å². The molecule has 2 aromatic rings. The molecule has 0 aromatic heterocycles.